The van der Waals surface area contributed by atoms with E-state index in [1.54, 1.807) is 0 Å². The van der Waals surface area contributed by atoms with Crippen molar-refractivity contribution >= 4 is 13.3 Å². The number of benzene rings is 1. The molecule has 20 heavy (non-hydrogen) atoms. The number of hydrogen-bond donors (Lipinski definition) is 0. The smallest absolute Gasteiger partial charge is 0.139 e. The lowest BCUT2D eigenvalue weighted by Gasteiger charge is -2.40. The second-order valence-corrected chi connectivity index (χ2v) is 6.14. The Hall–Kier alpha value is -0.835. The molecule has 0 aliphatic carbocycles. The van der Waals surface area contributed by atoms with Gasteiger partial charge in [-0.2, -0.15) is 0 Å². The fourth-order valence-corrected chi connectivity index (χ4v) is 3.34. The van der Waals surface area contributed by atoms with Gasteiger partial charge in [-0.1, -0.05) is 29.7 Å². The summed E-state index contributed by atoms with van der Waals surface area (Å²) < 4.78 is 5.45. The van der Waals surface area contributed by atoms with Gasteiger partial charge in [-0.15, -0.1) is 0 Å². The summed E-state index contributed by atoms with van der Waals surface area (Å²) in [5.41, 5.74) is 2.79. The highest BCUT2D eigenvalue weighted by Crippen LogP contribution is 2.19. The molecule has 0 saturated carbocycles. The van der Waals surface area contributed by atoms with E-state index in [2.05, 4.69) is 41.9 Å². The Bertz CT molecular complexity index is 409. The molecule has 0 unspecified atom stereocenters. The van der Waals surface area contributed by atoms with Crippen molar-refractivity contribution in [2.45, 2.75) is 25.4 Å². The summed E-state index contributed by atoms with van der Waals surface area (Å²) in [6, 6.07) is 9.76. The standard InChI is InChI=1S/C16H25BN2O/c17-15-3-1-14(2-4-15)13-18-7-5-16(6-8-18)19-9-11-20-12-10-19/h1-4,16H,5-13,17H2. The Morgan fingerprint density at radius 3 is 2.30 bits per heavy atom. The van der Waals surface area contributed by atoms with Crippen LogP contribution in [0.25, 0.3) is 0 Å². The molecular formula is C16H25BN2O. The molecule has 1 aromatic rings. The number of likely N-dealkylation sites (tertiary alicyclic amines) is 1. The zero-order valence-corrected chi connectivity index (χ0v) is 12.6. The minimum Gasteiger partial charge on any atom is -0.379 e. The maximum absolute atomic E-state index is 5.45. The summed E-state index contributed by atoms with van der Waals surface area (Å²) in [5, 5.41) is 0. The van der Waals surface area contributed by atoms with Crippen molar-refractivity contribution in [3.8, 4) is 0 Å². The molecule has 0 atom stereocenters. The molecule has 0 spiro atoms. The molecule has 0 N–H and O–H groups in total. The summed E-state index contributed by atoms with van der Waals surface area (Å²) in [5.74, 6) is 0. The minimum atomic E-state index is 0.785. The first-order valence-corrected chi connectivity index (χ1v) is 7.91. The highest BCUT2D eigenvalue weighted by atomic mass is 16.5. The Balaban J connectivity index is 1.47. The van der Waals surface area contributed by atoms with Crippen molar-refractivity contribution in [2.24, 2.45) is 0 Å². The van der Waals surface area contributed by atoms with Crippen LogP contribution in [0.5, 0.6) is 0 Å². The average Bonchev–Trinajstić information content (AvgIpc) is 2.51. The molecular weight excluding hydrogens is 247 g/mol. The van der Waals surface area contributed by atoms with E-state index in [1.807, 2.05) is 0 Å². The van der Waals surface area contributed by atoms with Gasteiger partial charge in [0.2, 0.25) is 0 Å². The monoisotopic (exact) mass is 272 g/mol. The lowest BCUT2D eigenvalue weighted by molar-refractivity contribution is 0.000231. The summed E-state index contributed by atoms with van der Waals surface area (Å²) >= 11 is 0. The van der Waals surface area contributed by atoms with Gasteiger partial charge in [-0.05, 0) is 31.5 Å². The highest BCUT2D eigenvalue weighted by molar-refractivity contribution is 6.32. The van der Waals surface area contributed by atoms with Crippen LogP contribution >= 0.6 is 0 Å². The molecule has 1 aromatic carbocycles. The first-order chi connectivity index (χ1) is 9.81. The Morgan fingerprint density at radius 1 is 1.00 bits per heavy atom. The molecule has 0 radical (unpaired) electrons. The average molecular weight is 272 g/mol. The van der Waals surface area contributed by atoms with Gasteiger partial charge in [0.1, 0.15) is 7.85 Å². The predicted octanol–water partition coefficient (Wildman–Crippen LogP) is 0.242. The minimum absolute atomic E-state index is 0.785. The number of ether oxygens (including phenoxy) is 1. The van der Waals surface area contributed by atoms with E-state index in [4.69, 9.17) is 4.74 Å². The molecule has 2 heterocycles. The molecule has 2 saturated heterocycles. The van der Waals surface area contributed by atoms with Crippen LogP contribution in [0, 0.1) is 0 Å². The van der Waals surface area contributed by atoms with Crippen LogP contribution in [0.15, 0.2) is 24.3 Å². The summed E-state index contributed by atoms with van der Waals surface area (Å²) in [6.07, 6.45) is 2.62. The van der Waals surface area contributed by atoms with Gasteiger partial charge in [0, 0.05) is 25.7 Å². The summed E-state index contributed by atoms with van der Waals surface area (Å²) in [4.78, 5) is 5.23. The third-order valence-corrected chi connectivity index (χ3v) is 4.65. The zero-order chi connectivity index (χ0) is 13.8. The van der Waals surface area contributed by atoms with Crippen LogP contribution in [0.1, 0.15) is 18.4 Å². The maximum Gasteiger partial charge on any atom is 0.139 e. The molecule has 3 nitrogen and oxygen atoms in total. The van der Waals surface area contributed by atoms with Crippen molar-refractivity contribution in [3.63, 3.8) is 0 Å². The quantitative estimate of drug-likeness (QED) is 0.733. The number of nitrogens with zero attached hydrogens (tertiary/aromatic N) is 2. The van der Waals surface area contributed by atoms with Gasteiger partial charge in [0.15, 0.2) is 0 Å². The number of rotatable bonds is 3. The summed E-state index contributed by atoms with van der Waals surface area (Å²) in [7, 11) is 2.15. The molecule has 0 aromatic heterocycles. The second kappa shape index (κ2) is 6.75. The van der Waals surface area contributed by atoms with E-state index in [0.29, 0.717) is 0 Å². The van der Waals surface area contributed by atoms with Gasteiger partial charge >= 0.3 is 0 Å². The Kier molecular flexibility index (Phi) is 4.76. The topological polar surface area (TPSA) is 15.7 Å². The van der Waals surface area contributed by atoms with Gasteiger partial charge in [-0.25, -0.2) is 0 Å². The molecule has 4 heteroatoms. The van der Waals surface area contributed by atoms with Gasteiger partial charge in [-0.3, -0.25) is 9.80 Å². The van der Waals surface area contributed by atoms with Gasteiger partial charge < -0.3 is 4.74 Å². The molecule has 2 aliphatic rings. The van der Waals surface area contributed by atoms with E-state index in [9.17, 15) is 0 Å². The third-order valence-electron chi connectivity index (χ3n) is 4.65. The fraction of sp³-hybridized carbons (Fsp3) is 0.625. The fourth-order valence-electron chi connectivity index (χ4n) is 3.34. The van der Waals surface area contributed by atoms with Crippen LogP contribution in [0.3, 0.4) is 0 Å². The second-order valence-electron chi connectivity index (χ2n) is 6.14. The first kappa shape index (κ1) is 14.1. The van der Waals surface area contributed by atoms with E-state index < -0.39 is 0 Å². The van der Waals surface area contributed by atoms with Crippen LogP contribution in [0.4, 0.5) is 0 Å². The van der Waals surface area contributed by atoms with Gasteiger partial charge in [0.25, 0.3) is 0 Å². The molecule has 2 aliphatic heterocycles. The van der Waals surface area contributed by atoms with Gasteiger partial charge in [0.05, 0.1) is 13.2 Å². The SMILES string of the molecule is Bc1ccc(CN2CCC(N3CCOCC3)CC2)cc1. The molecule has 2 fully saturated rings. The maximum atomic E-state index is 5.45. The van der Waals surface area contributed by atoms with E-state index in [-0.39, 0.29) is 0 Å². The highest BCUT2D eigenvalue weighted by Gasteiger charge is 2.25. The predicted molar refractivity (Wildman–Crippen MR) is 85.3 cm³/mol. The zero-order valence-electron chi connectivity index (χ0n) is 12.6. The Morgan fingerprint density at radius 2 is 1.65 bits per heavy atom. The molecule has 0 bridgehead atoms. The summed E-state index contributed by atoms with van der Waals surface area (Å²) in [6.45, 7) is 7.67. The largest absolute Gasteiger partial charge is 0.379 e. The van der Waals surface area contributed by atoms with Crippen molar-refractivity contribution in [1.29, 1.82) is 0 Å². The van der Waals surface area contributed by atoms with Crippen LogP contribution < -0.4 is 5.46 Å². The number of piperidine rings is 1. The number of hydrogen-bond acceptors (Lipinski definition) is 3. The molecule has 108 valence electrons. The van der Waals surface area contributed by atoms with Crippen molar-refractivity contribution in [2.75, 3.05) is 39.4 Å². The first-order valence-electron chi connectivity index (χ1n) is 7.91. The normalized spacial score (nSPS) is 23.0. The Labute approximate surface area is 123 Å². The number of morpholine rings is 1. The van der Waals surface area contributed by atoms with Crippen LogP contribution in [0.2, 0.25) is 0 Å². The lowest BCUT2D eigenvalue weighted by Crippen LogP contribution is -2.48. The van der Waals surface area contributed by atoms with Crippen LogP contribution in [-0.4, -0.2) is 63.1 Å². The van der Waals surface area contributed by atoms with Crippen molar-refractivity contribution < 1.29 is 4.74 Å². The van der Waals surface area contributed by atoms with E-state index in [0.717, 1.165) is 38.9 Å². The molecule has 3 rings (SSSR count). The van der Waals surface area contributed by atoms with E-state index in [1.165, 1.54) is 37.0 Å². The van der Waals surface area contributed by atoms with E-state index >= 15 is 0 Å². The third kappa shape index (κ3) is 3.63. The lowest BCUT2D eigenvalue weighted by atomic mass is 9.95. The van der Waals surface area contributed by atoms with Crippen LogP contribution in [-0.2, 0) is 11.3 Å². The van der Waals surface area contributed by atoms with Crippen molar-refractivity contribution in [1.82, 2.24) is 9.80 Å². The van der Waals surface area contributed by atoms with Crippen molar-refractivity contribution in [3.05, 3.63) is 29.8 Å². The molecule has 0 amide bonds.